The number of amides is 1. The first-order valence-corrected chi connectivity index (χ1v) is 4.62. The van der Waals surface area contributed by atoms with E-state index in [1.165, 1.54) is 7.05 Å². The number of hydrogen-bond acceptors (Lipinski definition) is 3. The zero-order valence-corrected chi connectivity index (χ0v) is 9.04. The number of rotatable bonds is 4. The van der Waals surface area contributed by atoms with Gasteiger partial charge in [0.05, 0.1) is 7.11 Å². The number of carbonyl (C=O) groups is 1. The summed E-state index contributed by atoms with van der Waals surface area (Å²) in [5.41, 5.74) is 9.02. The number of nitrogens with one attached hydrogen (secondary N) is 1. The molecule has 6 heteroatoms. The predicted molar refractivity (Wildman–Crippen MR) is 58.9 cm³/mol. The van der Waals surface area contributed by atoms with Crippen molar-refractivity contribution in [3.05, 3.63) is 40.3 Å². The molecular formula is C10H12N4O2. The first-order chi connectivity index (χ1) is 7.72. The number of benzene rings is 1. The monoisotopic (exact) mass is 220 g/mol. The Morgan fingerprint density at radius 1 is 1.50 bits per heavy atom. The lowest BCUT2D eigenvalue weighted by Gasteiger charge is -2.10. The molecule has 16 heavy (non-hydrogen) atoms. The quantitative estimate of drug-likeness (QED) is 0.476. The summed E-state index contributed by atoms with van der Waals surface area (Å²) in [6, 6.07) is 5.94. The molecule has 0 fully saturated rings. The summed E-state index contributed by atoms with van der Waals surface area (Å²) < 4.78 is 4.99. The summed E-state index contributed by atoms with van der Waals surface area (Å²) in [6.45, 7) is 0. The SMILES string of the molecule is CNC(=O)C(N=[N+]=[N-])c1ccc(OC)cc1. The van der Waals surface area contributed by atoms with Gasteiger partial charge >= 0.3 is 0 Å². The maximum atomic E-state index is 11.4. The molecular weight excluding hydrogens is 208 g/mol. The Hall–Kier alpha value is -2.20. The molecule has 0 saturated heterocycles. The van der Waals surface area contributed by atoms with Crippen molar-refractivity contribution in [2.24, 2.45) is 5.11 Å². The number of ether oxygens (including phenoxy) is 1. The summed E-state index contributed by atoms with van der Waals surface area (Å²) in [6.07, 6.45) is 0. The summed E-state index contributed by atoms with van der Waals surface area (Å²) in [7, 11) is 3.05. The maximum absolute atomic E-state index is 11.4. The molecule has 1 aromatic rings. The molecule has 1 rings (SSSR count). The van der Waals surface area contributed by atoms with E-state index in [0.717, 1.165) is 0 Å². The second kappa shape index (κ2) is 5.63. The Kier molecular flexibility index (Phi) is 4.17. The van der Waals surface area contributed by atoms with Crippen LogP contribution >= 0.6 is 0 Å². The van der Waals surface area contributed by atoms with Gasteiger partial charge in [0.15, 0.2) is 0 Å². The van der Waals surface area contributed by atoms with Gasteiger partial charge in [0.2, 0.25) is 5.91 Å². The lowest BCUT2D eigenvalue weighted by molar-refractivity contribution is -0.121. The molecule has 1 aromatic carbocycles. The smallest absolute Gasteiger partial charge is 0.233 e. The van der Waals surface area contributed by atoms with Crippen LogP contribution in [0.5, 0.6) is 5.75 Å². The number of methoxy groups -OCH3 is 1. The lowest BCUT2D eigenvalue weighted by Crippen LogP contribution is -2.24. The zero-order valence-electron chi connectivity index (χ0n) is 9.04. The molecule has 0 aliphatic carbocycles. The first-order valence-electron chi connectivity index (χ1n) is 4.62. The van der Waals surface area contributed by atoms with Gasteiger partial charge in [0, 0.05) is 12.0 Å². The maximum Gasteiger partial charge on any atom is 0.233 e. The third-order valence-electron chi connectivity index (χ3n) is 2.09. The summed E-state index contributed by atoms with van der Waals surface area (Å²) in [5, 5.41) is 5.89. The molecule has 1 amide bonds. The van der Waals surface area contributed by atoms with Crippen LogP contribution in [0.1, 0.15) is 11.6 Å². The molecule has 0 aliphatic heterocycles. The van der Waals surface area contributed by atoms with E-state index >= 15 is 0 Å². The highest BCUT2D eigenvalue weighted by molar-refractivity contribution is 5.83. The van der Waals surface area contributed by atoms with E-state index in [2.05, 4.69) is 15.3 Å². The molecule has 0 aliphatic rings. The van der Waals surface area contributed by atoms with E-state index in [1.807, 2.05) is 0 Å². The van der Waals surface area contributed by atoms with Crippen molar-refractivity contribution in [2.75, 3.05) is 14.2 Å². The Bertz CT molecular complexity index is 409. The van der Waals surface area contributed by atoms with E-state index in [0.29, 0.717) is 11.3 Å². The zero-order chi connectivity index (χ0) is 12.0. The third kappa shape index (κ3) is 2.65. The van der Waals surface area contributed by atoms with Crippen LogP contribution < -0.4 is 10.1 Å². The summed E-state index contributed by atoms with van der Waals surface area (Å²) >= 11 is 0. The highest BCUT2D eigenvalue weighted by Crippen LogP contribution is 2.20. The normalized spacial score (nSPS) is 11.1. The minimum atomic E-state index is -0.846. The van der Waals surface area contributed by atoms with Gasteiger partial charge < -0.3 is 10.1 Å². The fraction of sp³-hybridized carbons (Fsp3) is 0.300. The molecule has 0 saturated carbocycles. The average Bonchev–Trinajstić information content (AvgIpc) is 2.35. The molecule has 0 radical (unpaired) electrons. The second-order valence-corrected chi connectivity index (χ2v) is 2.99. The van der Waals surface area contributed by atoms with E-state index < -0.39 is 6.04 Å². The van der Waals surface area contributed by atoms with Crippen LogP contribution in [-0.4, -0.2) is 20.1 Å². The van der Waals surface area contributed by atoms with E-state index in [1.54, 1.807) is 31.4 Å². The Morgan fingerprint density at radius 3 is 2.56 bits per heavy atom. The van der Waals surface area contributed by atoms with E-state index in [4.69, 9.17) is 10.3 Å². The van der Waals surface area contributed by atoms with E-state index in [9.17, 15) is 4.79 Å². The number of azide groups is 1. The van der Waals surface area contributed by atoms with Crippen molar-refractivity contribution >= 4 is 5.91 Å². The number of carbonyl (C=O) groups excluding carboxylic acids is 1. The third-order valence-corrected chi connectivity index (χ3v) is 2.09. The Balaban J connectivity index is 3.01. The molecule has 0 spiro atoms. The lowest BCUT2D eigenvalue weighted by atomic mass is 10.1. The van der Waals surface area contributed by atoms with Gasteiger partial charge in [-0.25, -0.2) is 0 Å². The van der Waals surface area contributed by atoms with Crippen molar-refractivity contribution in [2.45, 2.75) is 6.04 Å². The van der Waals surface area contributed by atoms with Crippen LogP contribution in [0.2, 0.25) is 0 Å². The van der Waals surface area contributed by atoms with Gasteiger partial charge in [-0.3, -0.25) is 4.79 Å². The molecule has 0 bridgehead atoms. The molecule has 1 unspecified atom stereocenters. The van der Waals surface area contributed by atoms with Crippen LogP contribution in [0.3, 0.4) is 0 Å². The molecule has 1 N–H and O–H groups in total. The Labute approximate surface area is 92.8 Å². The van der Waals surface area contributed by atoms with Crippen molar-refractivity contribution in [1.82, 2.24) is 5.32 Å². The van der Waals surface area contributed by atoms with Crippen molar-refractivity contribution in [3.8, 4) is 5.75 Å². The summed E-state index contributed by atoms with van der Waals surface area (Å²) in [4.78, 5) is 14.1. The van der Waals surface area contributed by atoms with Crippen molar-refractivity contribution < 1.29 is 9.53 Å². The molecule has 84 valence electrons. The molecule has 1 atom stereocenters. The van der Waals surface area contributed by atoms with Gasteiger partial charge in [-0.1, -0.05) is 17.2 Å². The average molecular weight is 220 g/mol. The molecule has 0 heterocycles. The number of nitrogens with zero attached hydrogens (tertiary/aromatic N) is 3. The van der Waals surface area contributed by atoms with Crippen LogP contribution in [0.25, 0.3) is 10.4 Å². The fourth-order valence-corrected chi connectivity index (χ4v) is 1.25. The van der Waals surface area contributed by atoms with Gasteiger partial charge in [-0.05, 0) is 23.2 Å². The minimum absolute atomic E-state index is 0.344. The predicted octanol–water partition coefficient (Wildman–Crippen LogP) is 1.79. The fourth-order valence-electron chi connectivity index (χ4n) is 1.25. The van der Waals surface area contributed by atoms with Crippen LogP contribution in [0, 0.1) is 0 Å². The minimum Gasteiger partial charge on any atom is -0.497 e. The molecule has 6 nitrogen and oxygen atoms in total. The van der Waals surface area contributed by atoms with E-state index in [-0.39, 0.29) is 5.91 Å². The highest BCUT2D eigenvalue weighted by atomic mass is 16.5. The Morgan fingerprint density at radius 2 is 2.12 bits per heavy atom. The highest BCUT2D eigenvalue weighted by Gasteiger charge is 2.17. The van der Waals surface area contributed by atoms with Crippen LogP contribution in [-0.2, 0) is 4.79 Å². The van der Waals surface area contributed by atoms with Gasteiger partial charge in [0.1, 0.15) is 11.8 Å². The van der Waals surface area contributed by atoms with Crippen molar-refractivity contribution in [3.63, 3.8) is 0 Å². The van der Waals surface area contributed by atoms with Crippen LogP contribution in [0.15, 0.2) is 29.4 Å². The van der Waals surface area contributed by atoms with Gasteiger partial charge in [0.25, 0.3) is 0 Å². The van der Waals surface area contributed by atoms with Crippen LogP contribution in [0.4, 0.5) is 0 Å². The summed E-state index contributed by atoms with van der Waals surface area (Å²) in [5.74, 6) is 0.336. The number of likely N-dealkylation sites (N-methyl/N-ethyl adjacent to an activating group) is 1. The number of hydrogen-bond donors (Lipinski definition) is 1. The topological polar surface area (TPSA) is 87.1 Å². The second-order valence-electron chi connectivity index (χ2n) is 2.99. The first kappa shape index (κ1) is 11.9. The largest absolute Gasteiger partial charge is 0.497 e. The van der Waals surface area contributed by atoms with Crippen molar-refractivity contribution in [1.29, 1.82) is 0 Å². The van der Waals surface area contributed by atoms with Gasteiger partial charge in [-0.15, -0.1) is 0 Å². The standard InChI is InChI=1S/C10H12N4O2/c1-12-10(15)9(13-14-11)7-3-5-8(16-2)6-4-7/h3-6,9H,1-2H3,(H,12,15). The molecule has 0 aromatic heterocycles. The van der Waals surface area contributed by atoms with Gasteiger partial charge in [-0.2, -0.15) is 0 Å².